The Morgan fingerprint density at radius 2 is 1.36 bits per heavy atom. The van der Waals surface area contributed by atoms with E-state index in [1.165, 1.54) is 42.5 Å². The van der Waals surface area contributed by atoms with Gasteiger partial charge in [0.05, 0.1) is 27.4 Å². The largest absolute Gasteiger partial charge is 0.423 e. The molecule has 1 saturated carbocycles. The number of carbonyl (C=O) groups is 5. The second-order valence-corrected chi connectivity index (χ2v) is 13.1. The van der Waals surface area contributed by atoms with Crippen molar-refractivity contribution in [3.63, 3.8) is 0 Å². The van der Waals surface area contributed by atoms with Crippen LogP contribution in [0.1, 0.15) is 43.9 Å². The molecule has 1 saturated heterocycles. The molecule has 0 spiro atoms. The molecule has 4 atom stereocenters. The fourth-order valence-corrected chi connectivity index (χ4v) is 6.54. The highest BCUT2D eigenvalue weighted by molar-refractivity contribution is 9.12. The molecule has 2 fully saturated rings. The Kier molecular flexibility index (Phi) is 9.17. The summed E-state index contributed by atoms with van der Waals surface area (Å²) in [5.74, 6) is -4.00. The molecular weight excluding hydrogens is 715 g/mol. The van der Waals surface area contributed by atoms with Crippen LogP contribution in [0.5, 0.6) is 5.75 Å². The first kappa shape index (κ1) is 30.4. The summed E-state index contributed by atoms with van der Waals surface area (Å²) in [4.78, 5) is 66.6. The number of rotatable bonds is 7. The van der Waals surface area contributed by atoms with Crippen LogP contribution in [0.4, 0.5) is 0 Å². The molecule has 3 aromatic rings. The summed E-state index contributed by atoms with van der Waals surface area (Å²) in [5.41, 5.74) is 0.596. The number of amides is 3. The van der Waals surface area contributed by atoms with Crippen molar-refractivity contribution >= 4 is 84.5 Å². The van der Waals surface area contributed by atoms with E-state index in [-0.39, 0.29) is 36.6 Å². The SMILES string of the molecule is O=C(CN(C(=O)c1ccc(Cl)c(Cl)c1)N1C(=O)[C@@H]2C[C@H](Br)[C@@H](Br)C[C@H]2C1=O)c1ccc(OC(=O)c2ccccc2)cc1. The number of nitrogens with zero attached hydrogens (tertiary/aromatic N) is 2. The van der Waals surface area contributed by atoms with Crippen LogP contribution in [0, 0.1) is 11.8 Å². The first-order valence-corrected chi connectivity index (χ1v) is 15.5. The lowest BCUT2D eigenvalue weighted by atomic mass is 9.81. The maximum absolute atomic E-state index is 13.7. The summed E-state index contributed by atoms with van der Waals surface area (Å²) in [6.07, 6.45) is 0.793. The van der Waals surface area contributed by atoms with Gasteiger partial charge in [0.1, 0.15) is 12.3 Å². The van der Waals surface area contributed by atoms with Gasteiger partial charge in [-0.05, 0) is 67.4 Å². The second kappa shape index (κ2) is 12.7. The topological polar surface area (TPSA) is 101 Å². The van der Waals surface area contributed by atoms with E-state index >= 15 is 0 Å². The average molecular weight is 737 g/mol. The molecule has 8 nitrogen and oxygen atoms in total. The van der Waals surface area contributed by atoms with Crippen molar-refractivity contribution in [1.29, 1.82) is 0 Å². The summed E-state index contributed by atoms with van der Waals surface area (Å²) in [7, 11) is 0. The maximum Gasteiger partial charge on any atom is 0.343 e. The van der Waals surface area contributed by atoms with Crippen molar-refractivity contribution in [3.8, 4) is 5.75 Å². The lowest BCUT2D eigenvalue weighted by molar-refractivity contribution is -0.154. The van der Waals surface area contributed by atoms with E-state index in [0.717, 1.165) is 10.0 Å². The first-order chi connectivity index (χ1) is 20.0. The van der Waals surface area contributed by atoms with Gasteiger partial charge in [-0.15, -0.1) is 0 Å². The smallest absolute Gasteiger partial charge is 0.343 e. The van der Waals surface area contributed by atoms with Crippen molar-refractivity contribution in [2.24, 2.45) is 11.8 Å². The molecule has 0 radical (unpaired) electrons. The number of Topliss-reactive ketones (excluding diaryl/α,β-unsaturated/α-hetero) is 1. The minimum absolute atomic E-state index is 0.0363. The number of esters is 1. The van der Waals surface area contributed by atoms with Crippen LogP contribution in [0.25, 0.3) is 0 Å². The monoisotopic (exact) mass is 734 g/mol. The minimum atomic E-state index is -0.763. The second-order valence-electron chi connectivity index (χ2n) is 9.90. The standard InChI is InChI=1S/C30H22Br2Cl2N2O6/c31-22-13-20-21(14-23(22)32)29(40)36(28(20)39)35(27(38)18-8-11-24(33)25(34)12-18)15-26(37)16-6-9-19(10-7-16)42-30(41)17-4-2-1-3-5-17/h1-12,20-23H,13-15H2/t20-,21-,22+,23+/m1/s1. The number of carbonyl (C=O) groups excluding carboxylic acids is 5. The lowest BCUT2D eigenvalue weighted by Crippen LogP contribution is -2.52. The number of hydrogen-bond donors (Lipinski definition) is 0. The van der Waals surface area contributed by atoms with E-state index < -0.39 is 47.9 Å². The quantitative estimate of drug-likeness (QED) is 0.0919. The zero-order valence-corrected chi connectivity index (χ0v) is 26.4. The Hall–Kier alpha value is -3.05. The molecule has 2 aliphatic rings. The van der Waals surface area contributed by atoms with Crippen LogP contribution in [-0.4, -0.2) is 55.7 Å². The zero-order valence-electron chi connectivity index (χ0n) is 21.7. The Morgan fingerprint density at radius 1 is 0.786 bits per heavy atom. The number of halogens is 4. The molecule has 0 unspecified atom stereocenters. The summed E-state index contributed by atoms with van der Waals surface area (Å²) < 4.78 is 5.37. The van der Waals surface area contributed by atoms with Crippen LogP contribution in [0.3, 0.4) is 0 Å². The van der Waals surface area contributed by atoms with E-state index in [1.54, 1.807) is 30.3 Å². The number of imide groups is 1. The van der Waals surface area contributed by atoms with Gasteiger partial charge in [0.15, 0.2) is 5.78 Å². The number of hydrogen-bond acceptors (Lipinski definition) is 6. The predicted octanol–water partition coefficient (Wildman–Crippen LogP) is 6.37. The third-order valence-corrected chi connectivity index (χ3v) is 10.7. The van der Waals surface area contributed by atoms with Crippen molar-refractivity contribution in [3.05, 3.63) is 99.5 Å². The molecule has 0 N–H and O–H groups in total. The third-order valence-electron chi connectivity index (χ3n) is 7.22. The number of alkyl halides is 2. The van der Waals surface area contributed by atoms with E-state index in [9.17, 15) is 24.0 Å². The minimum Gasteiger partial charge on any atom is -0.423 e. The molecule has 12 heteroatoms. The molecule has 3 amide bonds. The lowest BCUT2D eigenvalue weighted by Gasteiger charge is -2.30. The van der Waals surface area contributed by atoms with Gasteiger partial charge < -0.3 is 4.74 Å². The molecule has 42 heavy (non-hydrogen) atoms. The summed E-state index contributed by atoms with van der Waals surface area (Å²) in [6.45, 7) is -0.603. The summed E-state index contributed by atoms with van der Waals surface area (Å²) in [5, 5.41) is 2.00. The maximum atomic E-state index is 13.7. The average Bonchev–Trinajstić information content (AvgIpc) is 3.22. The highest BCUT2D eigenvalue weighted by Gasteiger charge is 2.54. The Bertz CT molecular complexity index is 1540. The number of hydrazine groups is 1. The summed E-state index contributed by atoms with van der Waals surface area (Å²) >= 11 is 19.3. The van der Waals surface area contributed by atoms with E-state index in [1.807, 2.05) is 0 Å². The Labute approximate surface area is 268 Å². The van der Waals surface area contributed by atoms with Crippen LogP contribution in [0.15, 0.2) is 72.8 Å². The molecule has 1 aliphatic carbocycles. The number of fused-ring (bicyclic) bond motifs is 1. The van der Waals surface area contributed by atoms with Gasteiger partial charge in [0.2, 0.25) is 0 Å². The van der Waals surface area contributed by atoms with Gasteiger partial charge in [0, 0.05) is 20.8 Å². The highest BCUT2D eigenvalue weighted by Crippen LogP contribution is 2.43. The first-order valence-electron chi connectivity index (χ1n) is 12.9. The van der Waals surface area contributed by atoms with Crippen molar-refractivity contribution < 1.29 is 28.7 Å². The van der Waals surface area contributed by atoms with Crippen LogP contribution in [-0.2, 0) is 9.59 Å². The summed E-state index contributed by atoms with van der Waals surface area (Å²) in [6, 6.07) is 18.4. The van der Waals surface area contributed by atoms with E-state index in [4.69, 9.17) is 27.9 Å². The number of ketones is 1. The van der Waals surface area contributed by atoms with Gasteiger partial charge in [-0.3, -0.25) is 19.2 Å². The highest BCUT2D eigenvalue weighted by atomic mass is 79.9. The van der Waals surface area contributed by atoms with Crippen LogP contribution >= 0.6 is 55.1 Å². The Balaban J connectivity index is 1.40. The van der Waals surface area contributed by atoms with Crippen molar-refractivity contribution in [2.45, 2.75) is 22.5 Å². The fourth-order valence-electron chi connectivity index (χ4n) is 5.00. The van der Waals surface area contributed by atoms with Gasteiger partial charge >= 0.3 is 5.97 Å². The molecule has 1 aliphatic heterocycles. The van der Waals surface area contributed by atoms with Gasteiger partial charge in [-0.25, -0.2) is 9.80 Å². The normalized spacial score (nSPS) is 21.6. The number of ether oxygens (including phenoxy) is 1. The molecule has 216 valence electrons. The van der Waals surface area contributed by atoms with Crippen molar-refractivity contribution in [2.75, 3.05) is 6.54 Å². The zero-order chi connectivity index (χ0) is 30.1. The van der Waals surface area contributed by atoms with E-state index in [0.29, 0.717) is 18.4 Å². The van der Waals surface area contributed by atoms with Gasteiger partial charge in [-0.1, -0.05) is 73.3 Å². The van der Waals surface area contributed by atoms with E-state index in [2.05, 4.69) is 31.9 Å². The van der Waals surface area contributed by atoms with Gasteiger partial charge in [0.25, 0.3) is 17.7 Å². The molecule has 0 aromatic heterocycles. The van der Waals surface area contributed by atoms with Crippen LogP contribution < -0.4 is 4.74 Å². The van der Waals surface area contributed by atoms with Gasteiger partial charge in [-0.2, -0.15) is 5.01 Å². The third kappa shape index (κ3) is 6.17. The molecule has 5 rings (SSSR count). The molecular formula is C30H22Br2Cl2N2O6. The molecule has 3 aromatic carbocycles. The predicted molar refractivity (Wildman–Crippen MR) is 163 cm³/mol. The molecule has 0 bridgehead atoms. The fraction of sp³-hybridized carbons (Fsp3) is 0.233. The van der Waals surface area contributed by atoms with Crippen molar-refractivity contribution in [1.82, 2.24) is 10.0 Å². The van der Waals surface area contributed by atoms with Crippen LogP contribution in [0.2, 0.25) is 10.0 Å². The Morgan fingerprint density at radius 3 is 1.93 bits per heavy atom. The number of benzene rings is 3. The molecule has 1 heterocycles.